The zero-order valence-corrected chi connectivity index (χ0v) is 16.5. The van der Waals surface area contributed by atoms with E-state index in [2.05, 4.69) is 4.74 Å². The fourth-order valence-corrected chi connectivity index (χ4v) is 2.99. The summed E-state index contributed by atoms with van der Waals surface area (Å²) in [7, 11) is 1.19. The number of benzene rings is 2. The lowest BCUT2D eigenvalue weighted by Gasteiger charge is -2.13. The molecule has 10 heteroatoms. The number of carboxylic acids is 1. The first kappa shape index (κ1) is 21.8. The second kappa shape index (κ2) is 8.68. The molecule has 0 spiro atoms. The normalized spacial score (nSPS) is 10.6. The van der Waals surface area contributed by atoms with Crippen molar-refractivity contribution < 1.29 is 34.4 Å². The number of halogens is 3. The van der Waals surface area contributed by atoms with Crippen molar-refractivity contribution in [3.8, 4) is 11.5 Å². The molecule has 28 heavy (non-hydrogen) atoms. The van der Waals surface area contributed by atoms with Crippen LogP contribution in [0.2, 0.25) is 15.1 Å². The highest BCUT2D eigenvalue weighted by atomic mass is 35.5. The lowest BCUT2D eigenvalue weighted by Crippen LogP contribution is -2.11. The Morgan fingerprint density at radius 2 is 1.50 bits per heavy atom. The van der Waals surface area contributed by atoms with Crippen LogP contribution in [0.15, 0.2) is 18.2 Å². The van der Waals surface area contributed by atoms with Crippen molar-refractivity contribution in [2.45, 2.75) is 12.8 Å². The summed E-state index contributed by atoms with van der Waals surface area (Å²) in [4.78, 5) is 35.7. The van der Waals surface area contributed by atoms with Crippen LogP contribution in [-0.4, -0.2) is 40.2 Å². The molecule has 3 N–H and O–H groups in total. The van der Waals surface area contributed by atoms with Crippen LogP contribution in [0.3, 0.4) is 0 Å². The molecule has 0 aliphatic rings. The monoisotopic (exact) mass is 446 g/mol. The Labute approximate surface area is 174 Å². The number of phenols is 2. The van der Waals surface area contributed by atoms with Crippen LogP contribution in [0.25, 0.3) is 0 Å². The molecule has 7 nitrogen and oxygen atoms in total. The number of methoxy groups -OCH3 is 1. The van der Waals surface area contributed by atoms with Crippen molar-refractivity contribution in [2.75, 3.05) is 7.11 Å². The van der Waals surface area contributed by atoms with Crippen molar-refractivity contribution in [3.63, 3.8) is 0 Å². The molecule has 0 aliphatic heterocycles. The summed E-state index contributed by atoms with van der Waals surface area (Å²) in [5.41, 5.74) is -1.05. The molecule has 0 unspecified atom stereocenters. The van der Waals surface area contributed by atoms with Gasteiger partial charge in [0.15, 0.2) is 5.78 Å². The number of aromatic carboxylic acids is 1. The molecule has 0 heterocycles. The Bertz CT molecular complexity index is 986. The highest BCUT2D eigenvalue weighted by molar-refractivity contribution is 6.42. The van der Waals surface area contributed by atoms with E-state index in [0.29, 0.717) is 0 Å². The summed E-state index contributed by atoms with van der Waals surface area (Å²) in [5.74, 6) is -4.15. The van der Waals surface area contributed by atoms with Crippen LogP contribution < -0.4 is 0 Å². The number of hydrogen-bond acceptors (Lipinski definition) is 6. The van der Waals surface area contributed by atoms with Gasteiger partial charge in [0, 0.05) is 12.0 Å². The lowest BCUT2D eigenvalue weighted by molar-refractivity contribution is -0.140. The van der Waals surface area contributed by atoms with E-state index < -0.39 is 39.8 Å². The average Bonchev–Trinajstić information content (AvgIpc) is 2.66. The molecule has 148 valence electrons. The van der Waals surface area contributed by atoms with Gasteiger partial charge in [0.05, 0.1) is 28.3 Å². The second-order valence-corrected chi connectivity index (χ2v) is 6.81. The largest absolute Gasteiger partial charge is 0.506 e. The van der Waals surface area contributed by atoms with E-state index in [1.165, 1.54) is 7.11 Å². The lowest BCUT2D eigenvalue weighted by atomic mass is 9.95. The van der Waals surface area contributed by atoms with E-state index in [4.69, 9.17) is 34.8 Å². The van der Waals surface area contributed by atoms with Gasteiger partial charge in [0.2, 0.25) is 0 Å². The first-order chi connectivity index (χ1) is 13.1. The molecule has 2 rings (SSSR count). The van der Waals surface area contributed by atoms with E-state index in [0.717, 1.165) is 18.2 Å². The van der Waals surface area contributed by atoms with Gasteiger partial charge in [-0.1, -0.05) is 34.8 Å². The van der Waals surface area contributed by atoms with Gasteiger partial charge in [0.1, 0.15) is 16.5 Å². The van der Waals surface area contributed by atoms with Crippen molar-refractivity contribution in [2.24, 2.45) is 0 Å². The van der Waals surface area contributed by atoms with Crippen LogP contribution in [0.1, 0.15) is 38.3 Å². The van der Waals surface area contributed by atoms with Crippen molar-refractivity contribution in [1.82, 2.24) is 0 Å². The van der Waals surface area contributed by atoms with Gasteiger partial charge >= 0.3 is 11.9 Å². The summed E-state index contributed by atoms with van der Waals surface area (Å²) in [6.45, 7) is 0. The summed E-state index contributed by atoms with van der Waals surface area (Å²) in [6, 6.07) is 3.19. The number of ether oxygens (including phenoxy) is 1. The third-order valence-corrected chi connectivity index (χ3v) is 4.98. The number of carboxylic acid groups (broad SMARTS) is 1. The second-order valence-electron chi connectivity index (χ2n) is 5.62. The molecule has 0 aliphatic carbocycles. The van der Waals surface area contributed by atoms with Gasteiger partial charge in [-0.05, 0) is 30.2 Å². The van der Waals surface area contributed by atoms with E-state index in [1.807, 2.05) is 0 Å². The number of aryl methyl sites for hydroxylation is 1. The molecule has 0 radical (unpaired) electrons. The fraction of sp³-hybridized carbons (Fsp3) is 0.167. The molecule has 2 aromatic rings. The zero-order chi connectivity index (χ0) is 21.2. The first-order valence-electron chi connectivity index (χ1n) is 7.65. The number of rotatable bonds is 6. The number of ketones is 1. The van der Waals surface area contributed by atoms with E-state index in [-0.39, 0.29) is 39.6 Å². The summed E-state index contributed by atoms with van der Waals surface area (Å²) < 4.78 is 4.52. The van der Waals surface area contributed by atoms with Gasteiger partial charge in [-0.2, -0.15) is 0 Å². The summed E-state index contributed by atoms with van der Waals surface area (Å²) in [5, 5.41) is 29.0. The van der Waals surface area contributed by atoms with E-state index >= 15 is 0 Å². The predicted octanol–water partition coefficient (Wildman–Crippen LogP) is 4.09. The van der Waals surface area contributed by atoms with Gasteiger partial charge < -0.3 is 20.1 Å². The number of aromatic hydroxyl groups is 2. The van der Waals surface area contributed by atoms with Gasteiger partial charge in [-0.3, -0.25) is 9.59 Å². The Balaban J connectivity index is 2.60. The van der Waals surface area contributed by atoms with Crippen LogP contribution in [0, 0.1) is 0 Å². The van der Waals surface area contributed by atoms with Crippen LogP contribution >= 0.6 is 34.8 Å². The standard InChI is InChI=1S/C18H13Cl3O7/c1-28-13(22)3-2-7-4-10(17(25)14(21)15(7)23)16(24)8-5-11(19)12(20)6-9(8)18(26)27/h4-6,23,25H,2-3H2,1H3,(H,26,27). The van der Waals surface area contributed by atoms with Crippen LogP contribution in [0.4, 0.5) is 0 Å². The molecule has 0 atom stereocenters. The highest BCUT2D eigenvalue weighted by Gasteiger charge is 2.26. The Kier molecular flexibility index (Phi) is 6.77. The van der Waals surface area contributed by atoms with Gasteiger partial charge in [-0.15, -0.1) is 0 Å². The maximum atomic E-state index is 12.9. The molecule has 2 aromatic carbocycles. The number of phenolic OH excluding ortho intramolecular Hbond substituents is 2. The zero-order valence-electron chi connectivity index (χ0n) is 14.3. The molecular formula is C18H13Cl3O7. The van der Waals surface area contributed by atoms with Crippen LogP contribution in [-0.2, 0) is 16.0 Å². The van der Waals surface area contributed by atoms with E-state index in [1.54, 1.807) is 0 Å². The number of hydrogen-bond donors (Lipinski definition) is 3. The molecule has 0 bridgehead atoms. The minimum Gasteiger partial charge on any atom is -0.506 e. The molecule has 0 amide bonds. The third kappa shape index (κ3) is 4.32. The highest BCUT2D eigenvalue weighted by Crippen LogP contribution is 2.40. The quantitative estimate of drug-likeness (QED) is 0.450. The maximum absolute atomic E-state index is 12.9. The topological polar surface area (TPSA) is 121 Å². The fourth-order valence-electron chi connectivity index (χ4n) is 2.44. The molecule has 0 aromatic heterocycles. The maximum Gasteiger partial charge on any atom is 0.336 e. The number of carbonyl (C=O) groups is 3. The average molecular weight is 448 g/mol. The SMILES string of the molecule is COC(=O)CCc1cc(C(=O)c2cc(Cl)c(Cl)cc2C(=O)O)c(O)c(Cl)c1O. The van der Waals surface area contributed by atoms with Gasteiger partial charge in [-0.25, -0.2) is 4.79 Å². The number of esters is 1. The van der Waals surface area contributed by atoms with Crippen molar-refractivity contribution in [1.29, 1.82) is 0 Å². The first-order valence-corrected chi connectivity index (χ1v) is 8.79. The Morgan fingerprint density at radius 1 is 0.929 bits per heavy atom. The van der Waals surface area contributed by atoms with E-state index in [9.17, 15) is 29.7 Å². The number of carbonyl (C=O) groups excluding carboxylic acids is 2. The molecule has 0 fully saturated rings. The molecular weight excluding hydrogens is 435 g/mol. The van der Waals surface area contributed by atoms with Crippen molar-refractivity contribution in [3.05, 3.63) is 55.5 Å². The smallest absolute Gasteiger partial charge is 0.336 e. The summed E-state index contributed by atoms with van der Waals surface area (Å²) in [6.07, 6.45) is -0.155. The molecule has 0 saturated heterocycles. The summed E-state index contributed by atoms with van der Waals surface area (Å²) >= 11 is 17.6. The van der Waals surface area contributed by atoms with Crippen molar-refractivity contribution >= 4 is 52.5 Å². The minimum atomic E-state index is -1.43. The van der Waals surface area contributed by atoms with Gasteiger partial charge in [0.25, 0.3) is 0 Å². The van der Waals surface area contributed by atoms with Crippen LogP contribution in [0.5, 0.6) is 11.5 Å². The Hall–Kier alpha value is -2.48. The molecule has 0 saturated carbocycles. The third-order valence-electron chi connectivity index (χ3n) is 3.90. The minimum absolute atomic E-state index is 0.0358. The Morgan fingerprint density at radius 3 is 2.04 bits per heavy atom. The predicted molar refractivity (Wildman–Crippen MR) is 102 cm³/mol.